The lowest BCUT2D eigenvalue weighted by molar-refractivity contribution is -0.137. The van der Waals surface area contributed by atoms with Gasteiger partial charge in [-0.25, -0.2) is 0 Å². The molecule has 3 nitrogen and oxygen atoms in total. The minimum Gasteiger partial charge on any atom is -0.399 e. The van der Waals surface area contributed by atoms with E-state index in [2.05, 4.69) is 4.90 Å². The van der Waals surface area contributed by atoms with Crippen molar-refractivity contribution in [2.75, 3.05) is 36.8 Å². The zero-order valence-corrected chi connectivity index (χ0v) is 11.2. The number of rotatable bonds is 1. The molecule has 2 N–H and O–H groups in total. The molecule has 20 heavy (non-hydrogen) atoms. The number of nitrogen functional groups attached to an aromatic ring is 1. The van der Waals surface area contributed by atoms with Crippen molar-refractivity contribution < 1.29 is 13.2 Å². The molecule has 2 heterocycles. The van der Waals surface area contributed by atoms with E-state index in [0.29, 0.717) is 19.1 Å². The molecule has 3 rings (SSSR count). The summed E-state index contributed by atoms with van der Waals surface area (Å²) in [6, 6.07) is 4.48. The molecular formula is C14H18F3N3. The zero-order chi connectivity index (χ0) is 14.3. The van der Waals surface area contributed by atoms with E-state index in [0.717, 1.165) is 32.0 Å². The summed E-state index contributed by atoms with van der Waals surface area (Å²) in [5, 5.41) is 0. The summed E-state index contributed by atoms with van der Waals surface area (Å²) >= 11 is 0. The normalized spacial score (nSPS) is 23.9. The van der Waals surface area contributed by atoms with Crippen LogP contribution in [-0.4, -0.2) is 37.1 Å². The van der Waals surface area contributed by atoms with Crippen LogP contribution < -0.4 is 10.6 Å². The number of hydrogen-bond donors (Lipinski definition) is 1. The van der Waals surface area contributed by atoms with Crippen molar-refractivity contribution >= 4 is 11.4 Å². The maximum Gasteiger partial charge on any atom is 0.418 e. The van der Waals surface area contributed by atoms with Gasteiger partial charge in [-0.05, 0) is 37.6 Å². The van der Waals surface area contributed by atoms with Crippen molar-refractivity contribution in [2.45, 2.75) is 25.1 Å². The Labute approximate surface area is 116 Å². The number of nitrogens with two attached hydrogens (primary N) is 1. The molecule has 2 saturated heterocycles. The van der Waals surface area contributed by atoms with Gasteiger partial charge in [0.2, 0.25) is 0 Å². The summed E-state index contributed by atoms with van der Waals surface area (Å²) in [6.07, 6.45) is -2.14. The maximum absolute atomic E-state index is 13.2. The molecule has 0 amide bonds. The number of piperazine rings is 1. The van der Waals surface area contributed by atoms with Crippen LogP contribution in [0, 0.1) is 0 Å². The van der Waals surface area contributed by atoms with Crippen LogP contribution in [0.15, 0.2) is 18.2 Å². The van der Waals surface area contributed by atoms with Gasteiger partial charge >= 0.3 is 6.18 Å². The molecule has 0 saturated carbocycles. The topological polar surface area (TPSA) is 32.5 Å². The van der Waals surface area contributed by atoms with Gasteiger partial charge in [0.05, 0.1) is 5.56 Å². The summed E-state index contributed by atoms with van der Waals surface area (Å²) in [5.41, 5.74) is 5.31. The standard InChI is InChI=1S/C14H18F3N3/c15-14(16,17)12-8-10(18)3-4-13(12)20-7-6-19-5-1-2-11(19)9-20/h3-4,8,11H,1-2,5-7,9,18H2. The molecule has 110 valence electrons. The lowest BCUT2D eigenvalue weighted by atomic mass is 10.1. The third-order valence-electron chi connectivity index (χ3n) is 4.25. The average Bonchev–Trinajstić information content (AvgIpc) is 2.84. The van der Waals surface area contributed by atoms with Crippen LogP contribution in [0.1, 0.15) is 18.4 Å². The van der Waals surface area contributed by atoms with Crippen LogP contribution in [0.2, 0.25) is 0 Å². The van der Waals surface area contributed by atoms with Gasteiger partial charge in [-0.15, -0.1) is 0 Å². The molecule has 1 unspecified atom stereocenters. The summed E-state index contributed by atoms with van der Waals surface area (Å²) in [6.45, 7) is 3.23. The fraction of sp³-hybridized carbons (Fsp3) is 0.571. The number of halogens is 3. The number of benzene rings is 1. The highest BCUT2D eigenvalue weighted by Crippen LogP contribution is 2.39. The molecule has 1 aromatic rings. The van der Waals surface area contributed by atoms with Crippen LogP contribution >= 0.6 is 0 Å². The maximum atomic E-state index is 13.2. The van der Waals surface area contributed by atoms with E-state index < -0.39 is 11.7 Å². The molecule has 2 aliphatic rings. The molecule has 0 aromatic heterocycles. The number of hydrogen-bond acceptors (Lipinski definition) is 3. The molecular weight excluding hydrogens is 267 g/mol. The lowest BCUT2D eigenvalue weighted by Crippen LogP contribution is -2.50. The predicted octanol–water partition coefficient (Wildman–Crippen LogP) is 2.57. The molecule has 1 aromatic carbocycles. The number of anilines is 2. The molecule has 0 bridgehead atoms. The molecule has 2 fully saturated rings. The van der Waals surface area contributed by atoms with E-state index in [9.17, 15) is 13.2 Å². The Kier molecular flexibility index (Phi) is 3.28. The lowest BCUT2D eigenvalue weighted by Gasteiger charge is -2.39. The Morgan fingerprint density at radius 1 is 1.15 bits per heavy atom. The Morgan fingerprint density at radius 3 is 2.70 bits per heavy atom. The van der Waals surface area contributed by atoms with Gasteiger partial charge in [0.15, 0.2) is 0 Å². The summed E-state index contributed by atoms with van der Waals surface area (Å²) in [4.78, 5) is 4.23. The first kappa shape index (κ1) is 13.5. The fourth-order valence-corrected chi connectivity index (χ4v) is 3.27. The van der Waals surface area contributed by atoms with Crippen LogP contribution in [0.25, 0.3) is 0 Å². The monoisotopic (exact) mass is 285 g/mol. The smallest absolute Gasteiger partial charge is 0.399 e. The van der Waals surface area contributed by atoms with Gasteiger partial charge in [-0.1, -0.05) is 0 Å². The first-order valence-electron chi connectivity index (χ1n) is 6.91. The highest BCUT2D eigenvalue weighted by atomic mass is 19.4. The fourth-order valence-electron chi connectivity index (χ4n) is 3.27. The predicted molar refractivity (Wildman–Crippen MR) is 72.7 cm³/mol. The molecule has 2 aliphatic heterocycles. The van der Waals surface area contributed by atoms with Crippen molar-refractivity contribution in [2.24, 2.45) is 0 Å². The molecule has 0 aliphatic carbocycles. The van der Waals surface area contributed by atoms with E-state index in [-0.39, 0.29) is 11.4 Å². The van der Waals surface area contributed by atoms with Gasteiger partial charge in [-0.2, -0.15) is 13.2 Å². The highest BCUT2D eigenvalue weighted by molar-refractivity contribution is 5.61. The van der Waals surface area contributed by atoms with E-state index >= 15 is 0 Å². The Balaban J connectivity index is 1.90. The van der Waals surface area contributed by atoms with E-state index in [1.54, 1.807) is 6.07 Å². The van der Waals surface area contributed by atoms with Crippen molar-refractivity contribution in [1.29, 1.82) is 0 Å². The van der Waals surface area contributed by atoms with Gasteiger partial charge in [-0.3, -0.25) is 4.90 Å². The van der Waals surface area contributed by atoms with E-state index in [1.165, 1.54) is 6.07 Å². The molecule has 0 radical (unpaired) electrons. The second-order valence-electron chi connectivity index (χ2n) is 5.55. The van der Waals surface area contributed by atoms with Crippen LogP contribution in [0.5, 0.6) is 0 Å². The summed E-state index contributed by atoms with van der Waals surface area (Å²) in [5.74, 6) is 0. The van der Waals surface area contributed by atoms with Gasteiger partial charge in [0, 0.05) is 37.1 Å². The minimum absolute atomic E-state index is 0.153. The van der Waals surface area contributed by atoms with Gasteiger partial charge in [0.25, 0.3) is 0 Å². The van der Waals surface area contributed by atoms with Crippen molar-refractivity contribution in [3.63, 3.8) is 0 Å². The van der Waals surface area contributed by atoms with Crippen molar-refractivity contribution in [1.82, 2.24) is 4.90 Å². The second kappa shape index (κ2) is 4.84. The SMILES string of the molecule is Nc1ccc(N2CCN3CCCC3C2)c(C(F)(F)F)c1. The van der Waals surface area contributed by atoms with Crippen LogP contribution in [0.4, 0.5) is 24.5 Å². The van der Waals surface area contributed by atoms with Crippen LogP contribution in [-0.2, 0) is 6.18 Å². The van der Waals surface area contributed by atoms with Gasteiger partial charge in [0.1, 0.15) is 0 Å². The first-order chi connectivity index (χ1) is 9.45. The Hall–Kier alpha value is -1.43. The quantitative estimate of drug-likeness (QED) is 0.805. The highest BCUT2D eigenvalue weighted by Gasteiger charge is 2.37. The van der Waals surface area contributed by atoms with Crippen molar-refractivity contribution in [3.8, 4) is 0 Å². The minimum atomic E-state index is -4.36. The average molecular weight is 285 g/mol. The summed E-state index contributed by atoms with van der Waals surface area (Å²) < 4.78 is 39.5. The first-order valence-corrected chi connectivity index (χ1v) is 6.91. The summed E-state index contributed by atoms with van der Waals surface area (Å²) in [7, 11) is 0. The van der Waals surface area contributed by atoms with E-state index in [1.807, 2.05) is 4.90 Å². The molecule has 6 heteroatoms. The Morgan fingerprint density at radius 2 is 1.95 bits per heavy atom. The van der Waals surface area contributed by atoms with Crippen LogP contribution in [0.3, 0.4) is 0 Å². The third kappa shape index (κ3) is 2.44. The third-order valence-corrected chi connectivity index (χ3v) is 4.25. The van der Waals surface area contributed by atoms with E-state index in [4.69, 9.17) is 5.73 Å². The molecule has 1 atom stereocenters. The molecule has 0 spiro atoms. The zero-order valence-electron chi connectivity index (χ0n) is 11.2. The largest absolute Gasteiger partial charge is 0.418 e. The number of fused-ring (bicyclic) bond motifs is 1. The second-order valence-corrected chi connectivity index (χ2v) is 5.55. The van der Waals surface area contributed by atoms with Gasteiger partial charge < -0.3 is 10.6 Å². The number of alkyl halides is 3. The Bertz CT molecular complexity index is 501. The van der Waals surface area contributed by atoms with Crippen molar-refractivity contribution in [3.05, 3.63) is 23.8 Å². The number of nitrogens with zero attached hydrogens (tertiary/aromatic N) is 2.